The molecule has 2 bridgehead atoms. The molecule has 1 N–H and O–H groups in total. The van der Waals surface area contributed by atoms with Crippen LogP contribution in [0.15, 0.2) is 0 Å². The van der Waals surface area contributed by atoms with E-state index in [2.05, 4.69) is 0 Å². The molecule has 1 unspecified atom stereocenters. The number of nitrogens with zero attached hydrogens (tertiary/aromatic N) is 1. The Morgan fingerprint density at radius 2 is 1.71 bits per heavy atom. The van der Waals surface area contributed by atoms with E-state index in [0.717, 1.165) is 19.3 Å². The average molecular weight is 237 g/mol. The van der Waals surface area contributed by atoms with E-state index in [1.54, 1.807) is 0 Å². The zero-order valence-electron chi connectivity index (χ0n) is 9.46. The number of fused-ring (bicyclic) bond motifs is 5. The van der Waals surface area contributed by atoms with E-state index >= 15 is 0 Å². The third kappa shape index (κ3) is 1.41. The van der Waals surface area contributed by atoms with Crippen molar-refractivity contribution in [1.29, 1.82) is 0 Å². The number of aliphatic carboxylic acids is 1. The predicted octanol–water partition coefficient (Wildman–Crippen LogP) is 0.492. The first kappa shape index (κ1) is 10.7. The predicted molar refractivity (Wildman–Crippen MR) is 56.8 cm³/mol. The van der Waals surface area contributed by atoms with Gasteiger partial charge in [0.2, 0.25) is 11.8 Å². The van der Waals surface area contributed by atoms with Crippen LogP contribution in [0.2, 0.25) is 0 Å². The highest BCUT2D eigenvalue weighted by Crippen LogP contribution is 2.56. The fraction of sp³-hybridized carbons (Fsp3) is 0.750. The number of hydrogen-bond donors (Lipinski definition) is 1. The monoisotopic (exact) mass is 237 g/mol. The second-order valence-corrected chi connectivity index (χ2v) is 5.36. The van der Waals surface area contributed by atoms with Gasteiger partial charge in [0.25, 0.3) is 0 Å². The molecule has 5 nitrogen and oxygen atoms in total. The molecule has 92 valence electrons. The van der Waals surface area contributed by atoms with Crippen LogP contribution >= 0.6 is 0 Å². The van der Waals surface area contributed by atoms with Gasteiger partial charge in [0.1, 0.15) is 0 Å². The molecule has 0 aromatic heterocycles. The lowest BCUT2D eigenvalue weighted by molar-refractivity contribution is -0.142. The van der Waals surface area contributed by atoms with Crippen molar-refractivity contribution in [1.82, 2.24) is 4.90 Å². The van der Waals surface area contributed by atoms with Crippen molar-refractivity contribution in [3.63, 3.8) is 0 Å². The van der Waals surface area contributed by atoms with Crippen LogP contribution in [0.1, 0.15) is 25.7 Å². The molecule has 3 fully saturated rings. The molecule has 17 heavy (non-hydrogen) atoms. The van der Waals surface area contributed by atoms with Gasteiger partial charge >= 0.3 is 5.97 Å². The summed E-state index contributed by atoms with van der Waals surface area (Å²) in [5.41, 5.74) is 0. The molecule has 0 spiro atoms. The Balaban J connectivity index is 1.78. The second-order valence-electron chi connectivity index (χ2n) is 5.36. The summed E-state index contributed by atoms with van der Waals surface area (Å²) in [6, 6.07) is 0. The minimum atomic E-state index is -0.967. The number of carboxylic acid groups (broad SMARTS) is 1. The van der Waals surface area contributed by atoms with Gasteiger partial charge < -0.3 is 5.11 Å². The summed E-state index contributed by atoms with van der Waals surface area (Å²) < 4.78 is 0. The molecule has 2 aliphatic carbocycles. The van der Waals surface area contributed by atoms with Crippen molar-refractivity contribution in [3.05, 3.63) is 0 Å². The van der Waals surface area contributed by atoms with Gasteiger partial charge in [-0.2, -0.15) is 0 Å². The number of amides is 2. The van der Waals surface area contributed by atoms with Gasteiger partial charge in [0.05, 0.1) is 18.3 Å². The largest absolute Gasteiger partial charge is 0.481 e. The molecule has 0 aromatic rings. The lowest BCUT2D eigenvalue weighted by Gasteiger charge is -2.19. The van der Waals surface area contributed by atoms with Crippen molar-refractivity contribution in [2.45, 2.75) is 25.7 Å². The van der Waals surface area contributed by atoms with Crippen molar-refractivity contribution >= 4 is 17.8 Å². The zero-order chi connectivity index (χ0) is 12.2. The van der Waals surface area contributed by atoms with Crippen LogP contribution in [0.25, 0.3) is 0 Å². The number of rotatable bonds is 3. The number of likely N-dealkylation sites (tertiary alicyclic amines) is 1. The van der Waals surface area contributed by atoms with Crippen LogP contribution in [0.3, 0.4) is 0 Å². The smallest absolute Gasteiger partial charge is 0.305 e. The van der Waals surface area contributed by atoms with Gasteiger partial charge in [0, 0.05) is 6.54 Å². The molecule has 1 saturated heterocycles. The van der Waals surface area contributed by atoms with E-state index in [1.807, 2.05) is 0 Å². The second kappa shape index (κ2) is 3.55. The van der Waals surface area contributed by atoms with E-state index in [-0.39, 0.29) is 36.6 Å². The van der Waals surface area contributed by atoms with Crippen molar-refractivity contribution in [2.24, 2.45) is 23.7 Å². The summed E-state index contributed by atoms with van der Waals surface area (Å²) in [5.74, 6) is -0.717. The van der Waals surface area contributed by atoms with Gasteiger partial charge in [-0.1, -0.05) is 0 Å². The van der Waals surface area contributed by atoms with Gasteiger partial charge in [-0.3, -0.25) is 19.3 Å². The number of hydrogen-bond acceptors (Lipinski definition) is 3. The molecular weight excluding hydrogens is 222 g/mol. The third-order valence-corrected chi connectivity index (χ3v) is 4.57. The Hall–Kier alpha value is -1.39. The number of carbonyl (C=O) groups excluding carboxylic acids is 2. The summed E-state index contributed by atoms with van der Waals surface area (Å²) >= 11 is 0. The van der Waals surface area contributed by atoms with E-state index in [4.69, 9.17) is 5.11 Å². The maximum Gasteiger partial charge on any atom is 0.305 e. The molecule has 0 radical (unpaired) electrons. The Morgan fingerprint density at radius 3 is 2.18 bits per heavy atom. The summed E-state index contributed by atoms with van der Waals surface area (Å²) in [6.07, 6.45) is 2.97. The molecule has 3 rings (SSSR count). The van der Waals surface area contributed by atoms with E-state index in [9.17, 15) is 14.4 Å². The van der Waals surface area contributed by atoms with Crippen LogP contribution in [0, 0.1) is 23.7 Å². The minimum absolute atomic E-state index is 0.0411. The van der Waals surface area contributed by atoms with Crippen molar-refractivity contribution in [3.8, 4) is 0 Å². The molecule has 0 aromatic carbocycles. The Kier molecular flexibility index (Phi) is 2.24. The fourth-order valence-electron chi connectivity index (χ4n) is 3.90. The Morgan fingerprint density at radius 1 is 1.18 bits per heavy atom. The SMILES string of the molecule is O=C(O)CCN1C(=O)C2[C@@H]3CC[C@H](C3)[C@H]2C1=O. The maximum atomic E-state index is 12.1. The number of carboxylic acids is 1. The van der Waals surface area contributed by atoms with Crippen LogP contribution in [0.5, 0.6) is 0 Å². The fourth-order valence-corrected chi connectivity index (χ4v) is 3.90. The van der Waals surface area contributed by atoms with Crippen LogP contribution in [-0.2, 0) is 14.4 Å². The first-order valence-corrected chi connectivity index (χ1v) is 6.16. The number of imide groups is 1. The molecular formula is C12H15NO4. The highest BCUT2D eigenvalue weighted by Gasteiger charge is 2.60. The van der Waals surface area contributed by atoms with Crippen molar-refractivity contribution < 1.29 is 19.5 Å². The first-order valence-electron chi connectivity index (χ1n) is 6.16. The number of carbonyl (C=O) groups is 3. The molecule has 3 aliphatic rings. The van der Waals surface area contributed by atoms with Gasteiger partial charge in [-0.05, 0) is 31.1 Å². The van der Waals surface area contributed by atoms with E-state index in [1.165, 1.54) is 4.90 Å². The van der Waals surface area contributed by atoms with Gasteiger partial charge in [0.15, 0.2) is 0 Å². The summed E-state index contributed by atoms with van der Waals surface area (Å²) in [4.78, 5) is 35.9. The highest BCUT2D eigenvalue weighted by atomic mass is 16.4. The summed E-state index contributed by atoms with van der Waals surface area (Å²) in [6.45, 7) is 0.0411. The highest BCUT2D eigenvalue weighted by molar-refractivity contribution is 6.06. The topological polar surface area (TPSA) is 74.7 Å². The Bertz CT molecular complexity index is 377. The van der Waals surface area contributed by atoms with Crippen LogP contribution in [-0.4, -0.2) is 34.3 Å². The van der Waals surface area contributed by atoms with E-state index < -0.39 is 5.97 Å². The summed E-state index contributed by atoms with van der Waals surface area (Å²) in [5, 5.41) is 8.62. The zero-order valence-corrected chi connectivity index (χ0v) is 9.46. The quantitative estimate of drug-likeness (QED) is 0.725. The van der Waals surface area contributed by atoms with Crippen LogP contribution in [0.4, 0.5) is 0 Å². The average Bonchev–Trinajstić information content (AvgIpc) is 2.92. The molecule has 2 amide bonds. The lowest BCUT2D eigenvalue weighted by atomic mass is 9.81. The first-order chi connectivity index (χ1) is 8.09. The molecule has 1 heterocycles. The molecule has 2 saturated carbocycles. The molecule has 5 heteroatoms. The minimum Gasteiger partial charge on any atom is -0.481 e. The maximum absolute atomic E-state index is 12.1. The van der Waals surface area contributed by atoms with Crippen molar-refractivity contribution in [2.75, 3.05) is 6.54 Å². The normalized spacial score (nSPS) is 38.9. The lowest BCUT2D eigenvalue weighted by Crippen LogP contribution is -2.34. The molecule has 1 aliphatic heterocycles. The summed E-state index contributed by atoms with van der Waals surface area (Å²) in [7, 11) is 0. The van der Waals surface area contributed by atoms with E-state index in [0.29, 0.717) is 11.8 Å². The van der Waals surface area contributed by atoms with Gasteiger partial charge in [-0.25, -0.2) is 0 Å². The van der Waals surface area contributed by atoms with Crippen LogP contribution < -0.4 is 0 Å². The third-order valence-electron chi connectivity index (χ3n) is 4.57. The molecule has 4 atom stereocenters. The standard InChI is InChI=1S/C12H15NO4/c14-8(15)3-4-13-11(16)9-6-1-2-7(5-6)10(9)12(13)17/h6-7,9-10H,1-5H2,(H,14,15)/t6-,7-,9-,10?/m1/s1. The van der Waals surface area contributed by atoms with Gasteiger partial charge in [-0.15, -0.1) is 0 Å². The Labute approximate surface area is 98.8 Å².